The van der Waals surface area contributed by atoms with Crippen LogP contribution in [0.2, 0.25) is 0 Å². The van der Waals surface area contributed by atoms with Crippen LogP contribution >= 0.6 is 0 Å². The summed E-state index contributed by atoms with van der Waals surface area (Å²) in [4.78, 5) is 15.3. The predicted octanol–water partition coefficient (Wildman–Crippen LogP) is 1.02. The summed E-state index contributed by atoms with van der Waals surface area (Å²) in [6.45, 7) is 1.34. The van der Waals surface area contributed by atoms with E-state index in [1.54, 1.807) is 18.5 Å². The van der Waals surface area contributed by atoms with E-state index in [1.807, 2.05) is 6.07 Å². The molecule has 1 aromatic heterocycles. The summed E-state index contributed by atoms with van der Waals surface area (Å²) in [5.41, 5.74) is 0.746. The average Bonchev–Trinajstić information content (AvgIpc) is 3.03. The van der Waals surface area contributed by atoms with E-state index in [1.165, 1.54) is 12.8 Å². The first-order valence-electron chi connectivity index (χ1n) is 5.25. The van der Waals surface area contributed by atoms with Crippen LogP contribution in [0.1, 0.15) is 12.8 Å². The lowest BCUT2D eigenvalue weighted by Crippen LogP contribution is -2.29. The summed E-state index contributed by atoms with van der Waals surface area (Å²) in [5, 5.41) is 5.91. The molecule has 1 aliphatic carbocycles. The molecule has 0 radical (unpaired) electrons. The summed E-state index contributed by atoms with van der Waals surface area (Å²) in [7, 11) is 0. The van der Waals surface area contributed by atoms with Gasteiger partial charge in [-0.05, 0) is 37.4 Å². The molecule has 80 valence electrons. The third-order valence-electron chi connectivity index (χ3n) is 2.36. The number of pyridine rings is 1. The number of nitrogens with zero attached hydrogens (tertiary/aromatic N) is 1. The van der Waals surface area contributed by atoms with Gasteiger partial charge in [-0.2, -0.15) is 0 Å². The lowest BCUT2D eigenvalue weighted by atomic mass is 10.4. The minimum atomic E-state index is -0.0105. The van der Waals surface area contributed by atoms with Gasteiger partial charge in [-0.15, -0.1) is 0 Å². The Bertz CT molecular complexity index is 322. The number of aromatic nitrogens is 1. The van der Waals surface area contributed by atoms with Crippen molar-refractivity contribution in [1.82, 2.24) is 10.3 Å². The van der Waals surface area contributed by atoms with Crippen molar-refractivity contribution in [2.75, 3.05) is 18.4 Å². The summed E-state index contributed by atoms with van der Waals surface area (Å²) in [5.74, 6) is 0.792. The molecule has 2 N–H and O–H groups in total. The van der Waals surface area contributed by atoms with Crippen LogP contribution in [0.4, 0.5) is 5.69 Å². The molecule has 0 saturated heterocycles. The molecule has 0 aromatic carbocycles. The van der Waals surface area contributed by atoms with Crippen molar-refractivity contribution >= 4 is 11.6 Å². The molecular weight excluding hydrogens is 190 g/mol. The molecule has 0 aliphatic heterocycles. The molecular formula is C11H15N3O. The molecule has 0 unspecified atom stereocenters. The lowest BCUT2D eigenvalue weighted by Gasteiger charge is -2.05. The van der Waals surface area contributed by atoms with Gasteiger partial charge < -0.3 is 10.6 Å². The molecule has 4 nitrogen and oxygen atoms in total. The number of hydrogen-bond acceptors (Lipinski definition) is 3. The standard InChI is InChI=1S/C11H15N3O/c15-11(8-13-6-9-3-4-9)14-10-2-1-5-12-7-10/h1-2,5,7,9,13H,3-4,6,8H2,(H,14,15). The molecule has 1 amide bonds. The van der Waals surface area contributed by atoms with Crippen LogP contribution in [0.3, 0.4) is 0 Å². The fourth-order valence-corrected chi connectivity index (χ4v) is 1.35. The van der Waals surface area contributed by atoms with Crippen molar-refractivity contribution < 1.29 is 4.79 Å². The second kappa shape index (κ2) is 4.89. The largest absolute Gasteiger partial charge is 0.324 e. The minimum Gasteiger partial charge on any atom is -0.324 e. The Morgan fingerprint density at radius 1 is 1.53 bits per heavy atom. The molecule has 1 aliphatic rings. The topological polar surface area (TPSA) is 54.0 Å². The van der Waals surface area contributed by atoms with Crippen molar-refractivity contribution in [2.45, 2.75) is 12.8 Å². The fourth-order valence-electron chi connectivity index (χ4n) is 1.35. The maximum Gasteiger partial charge on any atom is 0.238 e. The van der Waals surface area contributed by atoms with E-state index < -0.39 is 0 Å². The Balaban J connectivity index is 1.67. The summed E-state index contributed by atoms with van der Waals surface area (Å²) in [6.07, 6.45) is 5.92. The molecule has 2 rings (SSSR count). The molecule has 1 heterocycles. The second-order valence-electron chi connectivity index (χ2n) is 3.86. The highest BCUT2D eigenvalue weighted by Gasteiger charge is 2.20. The van der Waals surface area contributed by atoms with Gasteiger partial charge in [-0.3, -0.25) is 9.78 Å². The third kappa shape index (κ3) is 3.67. The van der Waals surface area contributed by atoms with E-state index in [-0.39, 0.29) is 5.91 Å². The zero-order chi connectivity index (χ0) is 10.5. The van der Waals surface area contributed by atoms with E-state index in [0.29, 0.717) is 6.54 Å². The number of hydrogen-bond donors (Lipinski definition) is 2. The Labute approximate surface area is 89.1 Å². The van der Waals surface area contributed by atoms with Crippen LogP contribution in [0.25, 0.3) is 0 Å². The summed E-state index contributed by atoms with van der Waals surface area (Å²) >= 11 is 0. The Morgan fingerprint density at radius 3 is 3.07 bits per heavy atom. The number of anilines is 1. The molecule has 0 bridgehead atoms. The normalized spacial score (nSPS) is 14.9. The van der Waals surface area contributed by atoms with Crippen molar-refractivity contribution in [3.05, 3.63) is 24.5 Å². The monoisotopic (exact) mass is 205 g/mol. The highest BCUT2D eigenvalue weighted by molar-refractivity contribution is 5.91. The number of amides is 1. The van der Waals surface area contributed by atoms with Gasteiger partial charge in [-0.25, -0.2) is 0 Å². The number of nitrogens with one attached hydrogen (secondary N) is 2. The zero-order valence-electron chi connectivity index (χ0n) is 8.57. The molecule has 0 spiro atoms. The minimum absolute atomic E-state index is 0.0105. The Morgan fingerprint density at radius 2 is 2.40 bits per heavy atom. The van der Waals surface area contributed by atoms with Gasteiger partial charge in [0.15, 0.2) is 0 Å². The van der Waals surface area contributed by atoms with E-state index in [9.17, 15) is 4.79 Å². The highest BCUT2D eigenvalue weighted by atomic mass is 16.1. The average molecular weight is 205 g/mol. The van der Waals surface area contributed by atoms with Gasteiger partial charge in [0, 0.05) is 6.20 Å². The van der Waals surface area contributed by atoms with Crippen LogP contribution in [0.15, 0.2) is 24.5 Å². The van der Waals surface area contributed by atoms with Crippen molar-refractivity contribution in [1.29, 1.82) is 0 Å². The van der Waals surface area contributed by atoms with Gasteiger partial charge in [0.25, 0.3) is 0 Å². The van der Waals surface area contributed by atoms with Crippen LogP contribution in [0, 0.1) is 5.92 Å². The van der Waals surface area contributed by atoms with Crippen LogP contribution < -0.4 is 10.6 Å². The molecule has 0 atom stereocenters. The van der Waals surface area contributed by atoms with Gasteiger partial charge in [-0.1, -0.05) is 0 Å². The molecule has 15 heavy (non-hydrogen) atoms. The first kappa shape index (κ1) is 10.1. The van der Waals surface area contributed by atoms with Crippen LogP contribution in [-0.4, -0.2) is 24.0 Å². The van der Waals surface area contributed by atoms with Crippen LogP contribution in [-0.2, 0) is 4.79 Å². The van der Waals surface area contributed by atoms with E-state index in [2.05, 4.69) is 15.6 Å². The smallest absolute Gasteiger partial charge is 0.238 e. The molecule has 1 aromatic rings. The molecule has 1 fully saturated rings. The first-order valence-corrected chi connectivity index (χ1v) is 5.25. The third-order valence-corrected chi connectivity index (χ3v) is 2.36. The Kier molecular flexibility index (Phi) is 3.29. The van der Waals surface area contributed by atoms with Crippen molar-refractivity contribution in [3.8, 4) is 0 Å². The fraction of sp³-hybridized carbons (Fsp3) is 0.455. The Hall–Kier alpha value is -1.42. The van der Waals surface area contributed by atoms with Crippen molar-refractivity contribution in [2.24, 2.45) is 5.92 Å². The van der Waals surface area contributed by atoms with Crippen LogP contribution in [0.5, 0.6) is 0 Å². The van der Waals surface area contributed by atoms with Gasteiger partial charge >= 0.3 is 0 Å². The molecule has 4 heteroatoms. The van der Waals surface area contributed by atoms with E-state index in [0.717, 1.165) is 18.2 Å². The van der Waals surface area contributed by atoms with Crippen molar-refractivity contribution in [3.63, 3.8) is 0 Å². The van der Waals surface area contributed by atoms with Gasteiger partial charge in [0.1, 0.15) is 0 Å². The number of carbonyl (C=O) groups is 1. The first-order chi connectivity index (χ1) is 7.34. The van der Waals surface area contributed by atoms with E-state index >= 15 is 0 Å². The van der Waals surface area contributed by atoms with E-state index in [4.69, 9.17) is 0 Å². The highest BCUT2D eigenvalue weighted by Crippen LogP contribution is 2.27. The summed E-state index contributed by atoms with van der Waals surface area (Å²) < 4.78 is 0. The second-order valence-corrected chi connectivity index (χ2v) is 3.86. The van der Waals surface area contributed by atoms with Gasteiger partial charge in [0.05, 0.1) is 18.4 Å². The number of carbonyl (C=O) groups excluding carboxylic acids is 1. The lowest BCUT2D eigenvalue weighted by molar-refractivity contribution is -0.115. The zero-order valence-corrected chi connectivity index (χ0v) is 8.57. The maximum atomic E-state index is 11.4. The number of rotatable bonds is 5. The quantitative estimate of drug-likeness (QED) is 0.754. The van der Waals surface area contributed by atoms with Gasteiger partial charge in [0.2, 0.25) is 5.91 Å². The molecule has 1 saturated carbocycles. The summed E-state index contributed by atoms with van der Waals surface area (Å²) in [6, 6.07) is 3.62. The maximum absolute atomic E-state index is 11.4. The predicted molar refractivity (Wildman–Crippen MR) is 58.5 cm³/mol. The SMILES string of the molecule is O=C(CNCC1CC1)Nc1cccnc1.